The van der Waals surface area contributed by atoms with Gasteiger partial charge in [0.05, 0.1) is 0 Å². The van der Waals surface area contributed by atoms with Crippen LogP contribution in [0.5, 0.6) is 0 Å². The van der Waals surface area contributed by atoms with Gasteiger partial charge in [-0.3, -0.25) is 9.78 Å². The van der Waals surface area contributed by atoms with Crippen LogP contribution in [-0.4, -0.2) is 33.9 Å². The van der Waals surface area contributed by atoms with Crippen LogP contribution in [0.2, 0.25) is 0 Å². The summed E-state index contributed by atoms with van der Waals surface area (Å²) < 4.78 is 1.40. The zero-order valence-electron chi connectivity index (χ0n) is 13.7. The quantitative estimate of drug-likeness (QED) is 0.935. The molecular formula is C17H23N5O. The Bertz CT molecular complexity index is 727. The van der Waals surface area contributed by atoms with E-state index in [0.717, 1.165) is 43.1 Å². The van der Waals surface area contributed by atoms with Crippen molar-refractivity contribution in [2.75, 3.05) is 23.3 Å². The summed E-state index contributed by atoms with van der Waals surface area (Å²) in [5.41, 5.74) is 2.03. The highest BCUT2D eigenvalue weighted by molar-refractivity contribution is 5.45. The molecule has 1 aliphatic heterocycles. The van der Waals surface area contributed by atoms with Crippen LogP contribution in [0.3, 0.4) is 0 Å². The van der Waals surface area contributed by atoms with E-state index in [-0.39, 0.29) is 5.56 Å². The molecule has 1 atom stereocenters. The minimum atomic E-state index is -0.0762. The SMILES string of the molecule is Cc1cc(NCC2CCCCN2c2ccc(=O)n(C)n2)ccn1. The average Bonchev–Trinajstić information content (AvgIpc) is 2.56. The number of aryl methyl sites for hydroxylation is 2. The predicted molar refractivity (Wildman–Crippen MR) is 91.9 cm³/mol. The van der Waals surface area contributed by atoms with Crippen molar-refractivity contribution in [1.29, 1.82) is 0 Å². The average molecular weight is 313 g/mol. The maximum absolute atomic E-state index is 11.5. The molecule has 1 unspecified atom stereocenters. The summed E-state index contributed by atoms with van der Waals surface area (Å²) in [6.45, 7) is 3.83. The van der Waals surface area contributed by atoms with Gasteiger partial charge < -0.3 is 10.2 Å². The first kappa shape index (κ1) is 15.5. The lowest BCUT2D eigenvalue weighted by Crippen LogP contribution is -2.44. The van der Waals surface area contributed by atoms with Gasteiger partial charge in [-0.05, 0) is 44.4 Å². The van der Waals surface area contributed by atoms with Gasteiger partial charge >= 0.3 is 0 Å². The summed E-state index contributed by atoms with van der Waals surface area (Å²) >= 11 is 0. The molecule has 2 aromatic heterocycles. The third kappa shape index (κ3) is 3.70. The highest BCUT2D eigenvalue weighted by atomic mass is 16.1. The van der Waals surface area contributed by atoms with Crippen molar-refractivity contribution in [2.24, 2.45) is 7.05 Å². The highest BCUT2D eigenvalue weighted by Gasteiger charge is 2.23. The normalized spacial score (nSPS) is 18.0. The van der Waals surface area contributed by atoms with Crippen LogP contribution in [-0.2, 0) is 7.05 Å². The summed E-state index contributed by atoms with van der Waals surface area (Å²) in [7, 11) is 1.70. The lowest BCUT2D eigenvalue weighted by Gasteiger charge is -2.37. The molecule has 2 aromatic rings. The van der Waals surface area contributed by atoms with E-state index in [9.17, 15) is 4.79 Å². The summed E-state index contributed by atoms with van der Waals surface area (Å²) in [5, 5.41) is 7.91. The molecule has 1 N–H and O–H groups in total. The van der Waals surface area contributed by atoms with E-state index in [1.807, 2.05) is 25.3 Å². The van der Waals surface area contributed by atoms with Crippen LogP contribution in [0.15, 0.2) is 35.3 Å². The highest BCUT2D eigenvalue weighted by Crippen LogP contribution is 2.22. The molecule has 0 aliphatic carbocycles. The zero-order valence-corrected chi connectivity index (χ0v) is 13.7. The van der Waals surface area contributed by atoms with Crippen molar-refractivity contribution in [3.63, 3.8) is 0 Å². The first-order valence-electron chi connectivity index (χ1n) is 8.11. The number of nitrogens with one attached hydrogen (secondary N) is 1. The van der Waals surface area contributed by atoms with Crippen LogP contribution >= 0.6 is 0 Å². The Hall–Kier alpha value is -2.37. The second-order valence-electron chi connectivity index (χ2n) is 6.06. The fourth-order valence-corrected chi connectivity index (χ4v) is 3.05. The maximum Gasteiger partial charge on any atom is 0.266 e. The van der Waals surface area contributed by atoms with E-state index in [1.165, 1.54) is 11.1 Å². The molecule has 6 nitrogen and oxygen atoms in total. The number of rotatable bonds is 4. The maximum atomic E-state index is 11.5. The van der Waals surface area contributed by atoms with Crippen molar-refractivity contribution in [2.45, 2.75) is 32.2 Å². The van der Waals surface area contributed by atoms with Gasteiger partial charge in [0.15, 0.2) is 0 Å². The van der Waals surface area contributed by atoms with Crippen molar-refractivity contribution in [3.8, 4) is 0 Å². The molecule has 0 bridgehead atoms. The lowest BCUT2D eigenvalue weighted by molar-refractivity contribution is 0.464. The summed E-state index contributed by atoms with van der Waals surface area (Å²) in [4.78, 5) is 18.1. The summed E-state index contributed by atoms with van der Waals surface area (Å²) in [6, 6.07) is 7.84. The van der Waals surface area contributed by atoms with Crippen molar-refractivity contribution < 1.29 is 0 Å². The molecule has 0 spiro atoms. The molecule has 0 radical (unpaired) electrons. The molecule has 0 aromatic carbocycles. The van der Waals surface area contributed by atoms with Crippen LogP contribution in [0.25, 0.3) is 0 Å². The van der Waals surface area contributed by atoms with Crippen molar-refractivity contribution in [3.05, 3.63) is 46.5 Å². The number of hydrogen-bond donors (Lipinski definition) is 1. The molecule has 23 heavy (non-hydrogen) atoms. The van der Waals surface area contributed by atoms with Crippen LogP contribution in [0, 0.1) is 6.92 Å². The minimum Gasteiger partial charge on any atom is -0.383 e. The Balaban J connectivity index is 1.73. The van der Waals surface area contributed by atoms with Crippen molar-refractivity contribution >= 4 is 11.5 Å². The molecule has 3 rings (SSSR count). The third-order valence-electron chi connectivity index (χ3n) is 4.31. The fraction of sp³-hybridized carbons (Fsp3) is 0.471. The minimum absolute atomic E-state index is 0.0762. The standard InChI is InChI=1S/C17H23N5O/c1-13-11-14(8-9-18-13)19-12-15-5-3-4-10-22(15)16-6-7-17(23)21(2)20-16/h6-9,11,15H,3-5,10,12H2,1-2H3,(H,18,19). The Morgan fingerprint density at radius 2 is 2.17 bits per heavy atom. The van der Waals surface area contributed by atoms with Gasteiger partial charge in [-0.2, -0.15) is 5.10 Å². The first-order valence-corrected chi connectivity index (χ1v) is 8.11. The number of aromatic nitrogens is 3. The van der Waals surface area contributed by atoms with Crippen LogP contribution in [0.1, 0.15) is 25.0 Å². The van der Waals surface area contributed by atoms with E-state index in [4.69, 9.17) is 0 Å². The van der Waals surface area contributed by atoms with Gasteiger partial charge in [0.1, 0.15) is 5.82 Å². The van der Waals surface area contributed by atoms with Gasteiger partial charge in [0.25, 0.3) is 5.56 Å². The Morgan fingerprint density at radius 1 is 1.30 bits per heavy atom. The smallest absolute Gasteiger partial charge is 0.266 e. The fourth-order valence-electron chi connectivity index (χ4n) is 3.05. The van der Waals surface area contributed by atoms with Crippen molar-refractivity contribution in [1.82, 2.24) is 14.8 Å². The van der Waals surface area contributed by atoms with Gasteiger partial charge in [-0.25, -0.2) is 4.68 Å². The Morgan fingerprint density at radius 3 is 2.96 bits per heavy atom. The van der Waals surface area contributed by atoms with Crippen LogP contribution in [0.4, 0.5) is 11.5 Å². The molecule has 0 amide bonds. The third-order valence-corrected chi connectivity index (χ3v) is 4.31. The lowest BCUT2D eigenvalue weighted by atomic mass is 10.0. The van der Waals surface area contributed by atoms with Gasteiger partial charge in [-0.15, -0.1) is 0 Å². The Kier molecular flexibility index (Phi) is 4.60. The van der Waals surface area contributed by atoms with E-state index < -0.39 is 0 Å². The second-order valence-corrected chi connectivity index (χ2v) is 6.06. The predicted octanol–water partition coefficient (Wildman–Crippen LogP) is 1.95. The molecule has 1 aliphatic rings. The molecule has 1 saturated heterocycles. The van der Waals surface area contributed by atoms with E-state index >= 15 is 0 Å². The monoisotopic (exact) mass is 313 g/mol. The van der Waals surface area contributed by atoms with Gasteiger partial charge in [0.2, 0.25) is 0 Å². The molecule has 1 fully saturated rings. The topological polar surface area (TPSA) is 63.1 Å². The van der Waals surface area contributed by atoms with E-state index in [1.54, 1.807) is 13.1 Å². The van der Waals surface area contributed by atoms with E-state index in [0.29, 0.717) is 6.04 Å². The summed E-state index contributed by atoms with van der Waals surface area (Å²) in [5.74, 6) is 0.879. The second kappa shape index (κ2) is 6.81. The first-order chi connectivity index (χ1) is 11.1. The number of nitrogens with zero attached hydrogens (tertiary/aromatic N) is 4. The molecular weight excluding hydrogens is 290 g/mol. The molecule has 122 valence electrons. The molecule has 3 heterocycles. The number of piperidine rings is 1. The summed E-state index contributed by atoms with van der Waals surface area (Å²) in [6.07, 6.45) is 5.34. The number of hydrogen-bond acceptors (Lipinski definition) is 5. The van der Waals surface area contributed by atoms with E-state index in [2.05, 4.69) is 26.4 Å². The number of anilines is 2. The molecule has 0 saturated carbocycles. The zero-order chi connectivity index (χ0) is 16.2. The largest absolute Gasteiger partial charge is 0.383 e. The number of pyridine rings is 1. The molecule has 6 heteroatoms. The Labute approximate surface area is 136 Å². The van der Waals surface area contributed by atoms with Crippen LogP contribution < -0.4 is 15.8 Å². The van der Waals surface area contributed by atoms with Gasteiger partial charge in [-0.1, -0.05) is 0 Å². The van der Waals surface area contributed by atoms with Gasteiger partial charge in [0, 0.05) is 49.8 Å².